The second-order valence-electron chi connectivity index (χ2n) is 5.52. The lowest BCUT2D eigenvalue weighted by Gasteiger charge is -2.09. The SMILES string of the molecule is Cc1ccc(/C(=C/C(=O)c2ccccc2)c2ccccc2)cc1. The standard InChI is InChI=1S/C22H18O/c1-17-12-14-19(15-13-17)21(18-8-4-2-5-9-18)16-22(23)20-10-6-3-7-11-20/h2-16H,1H3/b21-16+. The Morgan fingerprint density at radius 3 is 1.70 bits per heavy atom. The van der Waals surface area contributed by atoms with Crippen LogP contribution in [-0.2, 0) is 0 Å². The molecule has 0 aliphatic heterocycles. The maximum atomic E-state index is 12.6. The quantitative estimate of drug-likeness (QED) is 0.471. The predicted molar refractivity (Wildman–Crippen MR) is 95.5 cm³/mol. The first-order valence-electron chi connectivity index (χ1n) is 7.67. The van der Waals surface area contributed by atoms with Crippen molar-refractivity contribution in [2.24, 2.45) is 0 Å². The molecule has 0 atom stereocenters. The average Bonchev–Trinajstić information content (AvgIpc) is 2.62. The van der Waals surface area contributed by atoms with Crippen LogP contribution < -0.4 is 0 Å². The van der Waals surface area contributed by atoms with Crippen LogP contribution in [0, 0.1) is 6.92 Å². The van der Waals surface area contributed by atoms with Gasteiger partial charge in [-0.15, -0.1) is 0 Å². The summed E-state index contributed by atoms with van der Waals surface area (Å²) in [5, 5.41) is 0. The summed E-state index contributed by atoms with van der Waals surface area (Å²) >= 11 is 0. The zero-order valence-electron chi connectivity index (χ0n) is 13.1. The van der Waals surface area contributed by atoms with Gasteiger partial charge < -0.3 is 0 Å². The molecule has 1 heteroatoms. The Bertz CT molecular complexity index is 813. The molecule has 0 bridgehead atoms. The first-order valence-corrected chi connectivity index (χ1v) is 7.67. The van der Waals surface area contributed by atoms with Crippen molar-refractivity contribution in [3.05, 3.63) is 113 Å². The highest BCUT2D eigenvalue weighted by Gasteiger charge is 2.09. The minimum Gasteiger partial charge on any atom is -0.289 e. The van der Waals surface area contributed by atoms with Crippen molar-refractivity contribution in [1.29, 1.82) is 0 Å². The van der Waals surface area contributed by atoms with Gasteiger partial charge in [0, 0.05) is 5.56 Å². The molecule has 0 heterocycles. The molecule has 0 N–H and O–H groups in total. The molecule has 0 aliphatic carbocycles. The van der Waals surface area contributed by atoms with Crippen LogP contribution in [0.3, 0.4) is 0 Å². The van der Waals surface area contributed by atoms with Gasteiger partial charge >= 0.3 is 0 Å². The zero-order chi connectivity index (χ0) is 16.1. The summed E-state index contributed by atoms with van der Waals surface area (Å²) in [6.45, 7) is 2.06. The molecule has 0 fully saturated rings. The average molecular weight is 298 g/mol. The Balaban J connectivity index is 2.07. The minimum absolute atomic E-state index is 0.0185. The first-order chi connectivity index (χ1) is 11.2. The minimum atomic E-state index is 0.0185. The van der Waals surface area contributed by atoms with E-state index in [1.165, 1.54) is 5.56 Å². The maximum absolute atomic E-state index is 12.6. The van der Waals surface area contributed by atoms with E-state index in [2.05, 4.69) is 31.2 Å². The van der Waals surface area contributed by atoms with Crippen LogP contribution in [0.25, 0.3) is 5.57 Å². The van der Waals surface area contributed by atoms with Gasteiger partial charge in [-0.25, -0.2) is 0 Å². The van der Waals surface area contributed by atoms with E-state index >= 15 is 0 Å². The Labute approximate surface area is 136 Å². The Hall–Kier alpha value is -2.93. The fourth-order valence-corrected chi connectivity index (χ4v) is 2.50. The van der Waals surface area contributed by atoms with Gasteiger partial charge in [-0.3, -0.25) is 4.79 Å². The van der Waals surface area contributed by atoms with Gasteiger partial charge in [-0.2, -0.15) is 0 Å². The number of benzene rings is 3. The summed E-state index contributed by atoms with van der Waals surface area (Å²) in [5.41, 5.74) is 4.94. The van der Waals surface area contributed by atoms with E-state index in [0.29, 0.717) is 5.56 Å². The third kappa shape index (κ3) is 3.64. The molecule has 0 amide bonds. The fraction of sp³-hybridized carbons (Fsp3) is 0.0455. The second kappa shape index (κ2) is 6.89. The van der Waals surface area contributed by atoms with Crippen LogP contribution in [-0.4, -0.2) is 5.78 Å². The number of hydrogen-bond donors (Lipinski definition) is 0. The predicted octanol–water partition coefficient (Wildman–Crippen LogP) is 5.31. The lowest BCUT2D eigenvalue weighted by molar-refractivity contribution is 0.104. The summed E-state index contributed by atoms with van der Waals surface area (Å²) in [5.74, 6) is 0.0185. The van der Waals surface area contributed by atoms with Gasteiger partial charge in [0.1, 0.15) is 0 Å². The van der Waals surface area contributed by atoms with Crippen molar-refractivity contribution in [2.75, 3.05) is 0 Å². The molecule has 0 aliphatic rings. The van der Waals surface area contributed by atoms with Crippen molar-refractivity contribution in [3.8, 4) is 0 Å². The molecule has 112 valence electrons. The number of allylic oxidation sites excluding steroid dienone is 1. The second-order valence-corrected chi connectivity index (χ2v) is 5.52. The number of ketones is 1. The van der Waals surface area contributed by atoms with Gasteiger partial charge in [0.25, 0.3) is 0 Å². The lowest BCUT2D eigenvalue weighted by Crippen LogP contribution is -1.97. The Morgan fingerprint density at radius 2 is 1.13 bits per heavy atom. The van der Waals surface area contributed by atoms with Crippen molar-refractivity contribution in [1.82, 2.24) is 0 Å². The fourth-order valence-electron chi connectivity index (χ4n) is 2.50. The number of hydrogen-bond acceptors (Lipinski definition) is 1. The Kier molecular flexibility index (Phi) is 4.49. The number of rotatable bonds is 4. The van der Waals surface area contributed by atoms with Crippen molar-refractivity contribution in [3.63, 3.8) is 0 Å². The van der Waals surface area contributed by atoms with Crippen molar-refractivity contribution in [2.45, 2.75) is 6.92 Å². The molecule has 0 unspecified atom stereocenters. The highest BCUT2D eigenvalue weighted by molar-refractivity contribution is 6.10. The lowest BCUT2D eigenvalue weighted by atomic mass is 9.95. The van der Waals surface area contributed by atoms with E-state index in [-0.39, 0.29) is 5.78 Å². The summed E-state index contributed by atoms with van der Waals surface area (Å²) in [6, 6.07) is 27.7. The number of aryl methyl sites for hydroxylation is 1. The van der Waals surface area contributed by atoms with Crippen molar-refractivity contribution < 1.29 is 4.79 Å². The number of carbonyl (C=O) groups is 1. The summed E-state index contributed by atoms with van der Waals surface area (Å²) in [4.78, 5) is 12.6. The van der Waals surface area contributed by atoms with Gasteiger partial charge in [-0.05, 0) is 29.7 Å². The molecule has 3 aromatic carbocycles. The molecular weight excluding hydrogens is 280 g/mol. The van der Waals surface area contributed by atoms with Crippen LogP contribution in [0.15, 0.2) is 91.0 Å². The third-order valence-electron chi connectivity index (χ3n) is 3.78. The van der Waals surface area contributed by atoms with Crippen molar-refractivity contribution >= 4 is 11.4 Å². The molecule has 0 saturated heterocycles. The van der Waals surface area contributed by atoms with E-state index < -0.39 is 0 Å². The molecule has 1 nitrogen and oxygen atoms in total. The van der Waals surface area contributed by atoms with Crippen LogP contribution >= 0.6 is 0 Å². The maximum Gasteiger partial charge on any atom is 0.186 e. The first kappa shape index (κ1) is 15.0. The zero-order valence-corrected chi connectivity index (χ0v) is 13.1. The van der Waals surface area contributed by atoms with Gasteiger partial charge in [0.05, 0.1) is 0 Å². The smallest absolute Gasteiger partial charge is 0.186 e. The normalized spacial score (nSPS) is 11.3. The van der Waals surface area contributed by atoms with Gasteiger partial charge in [0.15, 0.2) is 5.78 Å². The summed E-state index contributed by atoms with van der Waals surface area (Å²) in [6.07, 6.45) is 1.73. The highest BCUT2D eigenvalue weighted by atomic mass is 16.1. The van der Waals surface area contributed by atoms with E-state index in [1.807, 2.05) is 60.7 Å². The van der Waals surface area contributed by atoms with Crippen LogP contribution in [0.1, 0.15) is 27.0 Å². The molecule has 0 radical (unpaired) electrons. The van der Waals surface area contributed by atoms with Gasteiger partial charge in [-0.1, -0.05) is 90.5 Å². The topological polar surface area (TPSA) is 17.1 Å². The molecular formula is C22H18O. The molecule has 3 aromatic rings. The molecule has 0 saturated carbocycles. The van der Waals surface area contributed by atoms with E-state index in [9.17, 15) is 4.79 Å². The molecule has 0 aromatic heterocycles. The molecule has 0 spiro atoms. The van der Waals surface area contributed by atoms with E-state index in [4.69, 9.17) is 0 Å². The van der Waals surface area contributed by atoms with Crippen LogP contribution in [0.2, 0.25) is 0 Å². The van der Waals surface area contributed by atoms with Crippen LogP contribution in [0.4, 0.5) is 0 Å². The summed E-state index contributed by atoms with van der Waals surface area (Å²) < 4.78 is 0. The van der Waals surface area contributed by atoms with E-state index in [0.717, 1.165) is 16.7 Å². The summed E-state index contributed by atoms with van der Waals surface area (Å²) in [7, 11) is 0. The monoisotopic (exact) mass is 298 g/mol. The molecule has 3 rings (SSSR count). The van der Waals surface area contributed by atoms with Crippen LogP contribution in [0.5, 0.6) is 0 Å². The van der Waals surface area contributed by atoms with Gasteiger partial charge in [0.2, 0.25) is 0 Å². The molecule has 23 heavy (non-hydrogen) atoms. The highest BCUT2D eigenvalue weighted by Crippen LogP contribution is 2.24. The number of carbonyl (C=O) groups excluding carboxylic acids is 1. The van der Waals surface area contributed by atoms with E-state index in [1.54, 1.807) is 6.08 Å². The third-order valence-corrected chi connectivity index (χ3v) is 3.78. The Morgan fingerprint density at radius 1 is 0.652 bits per heavy atom. The largest absolute Gasteiger partial charge is 0.289 e.